The number of hydrogen-bond donors (Lipinski definition) is 1. The van der Waals surface area contributed by atoms with Gasteiger partial charge in [-0.3, -0.25) is 4.79 Å². The number of fused-ring (bicyclic) bond motifs is 1. The third kappa shape index (κ3) is 3.47. The molecule has 0 amide bonds. The summed E-state index contributed by atoms with van der Waals surface area (Å²) in [5, 5.41) is 12.9. The number of rotatable bonds is 5. The van der Waals surface area contributed by atoms with E-state index in [2.05, 4.69) is 10.3 Å². The highest BCUT2D eigenvalue weighted by molar-refractivity contribution is 5.91. The van der Waals surface area contributed by atoms with Crippen molar-refractivity contribution in [2.24, 2.45) is 0 Å². The summed E-state index contributed by atoms with van der Waals surface area (Å²) in [5.74, 6) is 1.52. The number of nitrogens with zero attached hydrogens (tertiary/aromatic N) is 2. The van der Waals surface area contributed by atoms with E-state index in [4.69, 9.17) is 13.3 Å². The molecule has 31 heavy (non-hydrogen) atoms. The molecule has 0 saturated heterocycles. The largest absolute Gasteiger partial charge is 0.467 e. The first-order chi connectivity index (χ1) is 15.2. The Labute approximate surface area is 176 Å². The third-order valence-corrected chi connectivity index (χ3v) is 4.78. The highest BCUT2D eigenvalue weighted by Gasteiger charge is 2.19. The highest BCUT2D eigenvalue weighted by Crippen LogP contribution is 2.32. The predicted molar refractivity (Wildman–Crippen MR) is 114 cm³/mol. The molecule has 150 valence electrons. The molecule has 3 heterocycles. The average Bonchev–Trinajstić information content (AvgIpc) is 3.47. The molecule has 0 saturated carbocycles. The molecular formula is C24H15N3O4. The topological polar surface area (TPSA) is 105 Å². The minimum absolute atomic E-state index is 0.0973. The van der Waals surface area contributed by atoms with Gasteiger partial charge in [0.2, 0.25) is 17.5 Å². The Hall–Kier alpha value is -4.57. The molecule has 7 nitrogen and oxygen atoms in total. The maximum Gasteiger partial charge on any atom is 0.233 e. The zero-order valence-corrected chi connectivity index (χ0v) is 16.2. The Morgan fingerprint density at radius 2 is 1.87 bits per heavy atom. The molecule has 0 aliphatic heterocycles. The summed E-state index contributed by atoms with van der Waals surface area (Å²) in [7, 11) is 0. The first-order valence-corrected chi connectivity index (χ1v) is 9.53. The van der Waals surface area contributed by atoms with Gasteiger partial charge in [0.05, 0.1) is 23.8 Å². The van der Waals surface area contributed by atoms with Crippen LogP contribution in [0, 0.1) is 11.3 Å². The average molecular weight is 409 g/mol. The van der Waals surface area contributed by atoms with Crippen molar-refractivity contribution in [3.63, 3.8) is 0 Å². The van der Waals surface area contributed by atoms with Crippen molar-refractivity contribution >= 4 is 16.9 Å². The van der Waals surface area contributed by atoms with Crippen molar-refractivity contribution in [3.05, 3.63) is 94.7 Å². The fourth-order valence-corrected chi connectivity index (χ4v) is 3.30. The van der Waals surface area contributed by atoms with Crippen LogP contribution >= 0.6 is 0 Å². The standard InChI is InChI=1S/C24H15N3O4/c25-13-19-24(26-14-16-8-5-11-29-16)31-23(27-19)18-10-4-9-17-20(28)12-21(30-22(17)18)15-6-2-1-3-7-15/h1-12,26H,14H2. The van der Waals surface area contributed by atoms with E-state index in [1.54, 1.807) is 36.6 Å². The second kappa shape index (κ2) is 7.69. The van der Waals surface area contributed by atoms with E-state index in [1.807, 2.05) is 36.4 Å². The summed E-state index contributed by atoms with van der Waals surface area (Å²) < 4.78 is 17.2. The van der Waals surface area contributed by atoms with E-state index in [0.717, 1.165) is 5.56 Å². The fourth-order valence-electron chi connectivity index (χ4n) is 3.30. The van der Waals surface area contributed by atoms with Crippen LogP contribution in [-0.4, -0.2) is 4.98 Å². The zero-order valence-electron chi connectivity index (χ0n) is 16.2. The SMILES string of the molecule is N#Cc1nc(-c2cccc3c(=O)cc(-c4ccccc4)oc23)oc1NCc1ccco1. The first kappa shape index (κ1) is 18.5. The van der Waals surface area contributed by atoms with Crippen molar-refractivity contribution in [2.75, 3.05) is 5.32 Å². The van der Waals surface area contributed by atoms with Crippen molar-refractivity contribution < 1.29 is 13.3 Å². The number of oxazole rings is 1. The van der Waals surface area contributed by atoms with E-state index in [1.165, 1.54) is 6.07 Å². The molecule has 0 atom stereocenters. The van der Waals surface area contributed by atoms with Gasteiger partial charge in [-0.1, -0.05) is 36.4 Å². The van der Waals surface area contributed by atoms with Crippen LogP contribution in [0.25, 0.3) is 33.7 Å². The Morgan fingerprint density at radius 3 is 2.65 bits per heavy atom. The van der Waals surface area contributed by atoms with Gasteiger partial charge in [-0.25, -0.2) is 0 Å². The van der Waals surface area contributed by atoms with Crippen LogP contribution in [0.3, 0.4) is 0 Å². The molecule has 5 aromatic rings. The molecule has 0 radical (unpaired) electrons. The summed E-state index contributed by atoms with van der Waals surface area (Å²) >= 11 is 0. The summed E-state index contributed by atoms with van der Waals surface area (Å²) in [6.07, 6.45) is 1.57. The molecule has 3 aromatic heterocycles. The lowest BCUT2D eigenvalue weighted by atomic mass is 10.1. The van der Waals surface area contributed by atoms with Gasteiger partial charge in [0.25, 0.3) is 0 Å². The monoisotopic (exact) mass is 409 g/mol. The van der Waals surface area contributed by atoms with Crippen LogP contribution in [0.5, 0.6) is 0 Å². The minimum Gasteiger partial charge on any atom is -0.467 e. The molecule has 0 aliphatic rings. The molecule has 2 aromatic carbocycles. The Bertz CT molecular complexity index is 1460. The lowest BCUT2D eigenvalue weighted by Crippen LogP contribution is -2.01. The number of nitrogens with one attached hydrogen (secondary N) is 1. The second-order valence-corrected chi connectivity index (χ2v) is 6.76. The zero-order chi connectivity index (χ0) is 21.2. The van der Waals surface area contributed by atoms with E-state index in [9.17, 15) is 10.1 Å². The molecule has 0 unspecified atom stereocenters. The van der Waals surface area contributed by atoms with Crippen molar-refractivity contribution in [1.82, 2.24) is 4.98 Å². The number of nitriles is 1. The molecule has 0 spiro atoms. The summed E-state index contributed by atoms with van der Waals surface area (Å²) in [6.45, 7) is 0.332. The second-order valence-electron chi connectivity index (χ2n) is 6.76. The number of para-hydroxylation sites is 1. The lowest BCUT2D eigenvalue weighted by Gasteiger charge is -2.06. The molecule has 0 bridgehead atoms. The van der Waals surface area contributed by atoms with Crippen LogP contribution in [0.1, 0.15) is 11.5 Å². The van der Waals surface area contributed by atoms with Crippen LogP contribution in [0.2, 0.25) is 0 Å². The van der Waals surface area contributed by atoms with Gasteiger partial charge in [0, 0.05) is 11.6 Å². The van der Waals surface area contributed by atoms with Crippen LogP contribution in [-0.2, 0) is 6.54 Å². The number of hydrogen-bond acceptors (Lipinski definition) is 7. The molecular weight excluding hydrogens is 394 g/mol. The van der Waals surface area contributed by atoms with Gasteiger partial charge in [0.15, 0.2) is 11.0 Å². The smallest absolute Gasteiger partial charge is 0.233 e. The van der Waals surface area contributed by atoms with E-state index in [0.29, 0.717) is 34.6 Å². The Kier molecular flexibility index (Phi) is 4.58. The summed E-state index contributed by atoms with van der Waals surface area (Å²) in [4.78, 5) is 17.0. The van der Waals surface area contributed by atoms with Gasteiger partial charge in [0.1, 0.15) is 17.6 Å². The maximum absolute atomic E-state index is 12.7. The third-order valence-electron chi connectivity index (χ3n) is 4.78. The van der Waals surface area contributed by atoms with E-state index >= 15 is 0 Å². The van der Waals surface area contributed by atoms with Gasteiger partial charge >= 0.3 is 0 Å². The van der Waals surface area contributed by atoms with Crippen molar-refractivity contribution in [1.29, 1.82) is 5.26 Å². The number of benzene rings is 2. The maximum atomic E-state index is 12.7. The number of anilines is 1. The first-order valence-electron chi connectivity index (χ1n) is 9.53. The number of aromatic nitrogens is 1. The molecule has 0 aliphatic carbocycles. The molecule has 1 N–H and O–H groups in total. The van der Waals surface area contributed by atoms with E-state index < -0.39 is 0 Å². The van der Waals surface area contributed by atoms with Crippen LogP contribution in [0.15, 0.2) is 91.0 Å². The van der Waals surface area contributed by atoms with Gasteiger partial charge in [-0.2, -0.15) is 10.2 Å². The van der Waals surface area contributed by atoms with E-state index in [-0.39, 0.29) is 22.9 Å². The summed E-state index contributed by atoms with van der Waals surface area (Å²) in [6, 6.07) is 21.6. The minimum atomic E-state index is -0.176. The van der Waals surface area contributed by atoms with Gasteiger partial charge in [-0.05, 0) is 24.3 Å². The van der Waals surface area contributed by atoms with Crippen molar-refractivity contribution in [3.8, 4) is 28.8 Å². The van der Waals surface area contributed by atoms with Gasteiger partial charge < -0.3 is 18.6 Å². The van der Waals surface area contributed by atoms with Crippen molar-refractivity contribution in [2.45, 2.75) is 6.54 Å². The van der Waals surface area contributed by atoms with Crippen LogP contribution in [0.4, 0.5) is 5.88 Å². The number of furan rings is 1. The molecule has 5 rings (SSSR count). The highest BCUT2D eigenvalue weighted by atomic mass is 16.4. The molecule has 7 heteroatoms. The van der Waals surface area contributed by atoms with Crippen LogP contribution < -0.4 is 10.7 Å². The summed E-state index contributed by atoms with van der Waals surface area (Å²) in [5.41, 5.74) is 1.53. The lowest BCUT2D eigenvalue weighted by molar-refractivity contribution is 0.512. The van der Waals surface area contributed by atoms with Gasteiger partial charge in [-0.15, -0.1) is 0 Å². The quantitative estimate of drug-likeness (QED) is 0.426. The Morgan fingerprint density at radius 1 is 1.00 bits per heavy atom. The Balaban J connectivity index is 1.61. The normalized spacial score (nSPS) is 10.8. The predicted octanol–water partition coefficient (Wildman–Crippen LogP) is 5.19. The molecule has 0 fully saturated rings. The fraction of sp³-hybridized carbons (Fsp3) is 0.0417.